The molecule has 74 valence electrons. The van der Waals surface area contributed by atoms with E-state index >= 15 is 0 Å². The smallest absolute Gasteiger partial charge is 0.321 e. The Morgan fingerprint density at radius 3 is 2.57 bits per heavy atom. The van der Waals surface area contributed by atoms with E-state index in [1.54, 1.807) is 12.1 Å². The molecule has 0 aliphatic heterocycles. The molecule has 2 rings (SSSR count). The second-order valence-corrected chi connectivity index (χ2v) is 3.19. The van der Waals surface area contributed by atoms with Crippen LogP contribution in [-0.4, -0.2) is 0 Å². The van der Waals surface area contributed by atoms with E-state index in [9.17, 15) is 13.2 Å². The van der Waals surface area contributed by atoms with Gasteiger partial charge in [0.15, 0.2) is 0 Å². The van der Waals surface area contributed by atoms with Crippen molar-refractivity contribution >= 4 is 6.08 Å². The van der Waals surface area contributed by atoms with Crippen molar-refractivity contribution < 1.29 is 13.2 Å². The van der Waals surface area contributed by atoms with Crippen LogP contribution in [0.1, 0.15) is 22.7 Å². The zero-order chi connectivity index (χ0) is 10.3. The Morgan fingerprint density at radius 1 is 1.21 bits per heavy atom. The van der Waals surface area contributed by atoms with Crippen LogP contribution in [0.15, 0.2) is 24.3 Å². The van der Waals surface area contributed by atoms with Crippen LogP contribution in [-0.2, 0) is 6.18 Å². The maximum Gasteiger partial charge on any atom is 0.416 e. The van der Waals surface area contributed by atoms with Gasteiger partial charge in [0.2, 0.25) is 0 Å². The highest BCUT2D eigenvalue weighted by atomic mass is 19.4. The first kappa shape index (κ1) is 9.27. The molecule has 1 unspecified atom stereocenters. The van der Waals surface area contributed by atoms with Gasteiger partial charge in [0, 0.05) is 6.04 Å². The lowest BCUT2D eigenvalue weighted by Crippen LogP contribution is -2.10. The van der Waals surface area contributed by atoms with E-state index in [1.165, 1.54) is 12.1 Å². The van der Waals surface area contributed by atoms with Crippen molar-refractivity contribution in [3.05, 3.63) is 41.0 Å². The lowest BCUT2D eigenvalue weighted by atomic mass is 10.0. The molecule has 0 saturated heterocycles. The van der Waals surface area contributed by atoms with Crippen molar-refractivity contribution in [2.45, 2.75) is 12.2 Å². The standard InChI is InChI=1S/C10H8F3N/c11-10(12,13)8-3-1-2-7-6(8)4-5-9(7)14/h1-5,9H,14H2. The Hall–Kier alpha value is -1.29. The normalized spacial score (nSPS) is 19.9. The van der Waals surface area contributed by atoms with E-state index in [1.807, 2.05) is 0 Å². The third-order valence-corrected chi connectivity index (χ3v) is 2.27. The van der Waals surface area contributed by atoms with E-state index in [-0.39, 0.29) is 5.56 Å². The maximum absolute atomic E-state index is 12.5. The SMILES string of the molecule is NC1C=Cc2c1cccc2C(F)(F)F. The number of benzene rings is 1. The summed E-state index contributed by atoms with van der Waals surface area (Å²) in [4.78, 5) is 0. The number of halogens is 3. The fraction of sp³-hybridized carbons (Fsp3) is 0.200. The van der Waals surface area contributed by atoms with Crippen LogP contribution >= 0.6 is 0 Å². The van der Waals surface area contributed by atoms with Crippen LogP contribution in [0.2, 0.25) is 0 Å². The third-order valence-electron chi connectivity index (χ3n) is 2.27. The molecule has 14 heavy (non-hydrogen) atoms. The van der Waals surface area contributed by atoms with Gasteiger partial charge in [0.1, 0.15) is 0 Å². The minimum absolute atomic E-state index is 0.201. The number of hydrogen-bond acceptors (Lipinski definition) is 1. The third kappa shape index (κ3) is 1.32. The minimum Gasteiger partial charge on any atom is -0.321 e. The van der Waals surface area contributed by atoms with Crippen molar-refractivity contribution in [1.82, 2.24) is 0 Å². The zero-order valence-electron chi connectivity index (χ0n) is 7.18. The molecule has 0 bridgehead atoms. The van der Waals surface area contributed by atoms with E-state index in [4.69, 9.17) is 5.73 Å². The number of hydrogen-bond donors (Lipinski definition) is 1. The van der Waals surface area contributed by atoms with Crippen molar-refractivity contribution in [3.63, 3.8) is 0 Å². The van der Waals surface area contributed by atoms with Gasteiger partial charge in [0.05, 0.1) is 5.56 Å². The number of alkyl halides is 3. The molecule has 1 aromatic carbocycles. The first-order chi connectivity index (χ1) is 6.50. The highest BCUT2D eigenvalue weighted by Gasteiger charge is 2.34. The topological polar surface area (TPSA) is 26.0 Å². The van der Waals surface area contributed by atoms with E-state index in [0.717, 1.165) is 6.07 Å². The van der Waals surface area contributed by atoms with Crippen LogP contribution in [0.5, 0.6) is 0 Å². The first-order valence-corrected chi connectivity index (χ1v) is 4.14. The van der Waals surface area contributed by atoms with Crippen molar-refractivity contribution in [1.29, 1.82) is 0 Å². The summed E-state index contributed by atoms with van der Waals surface area (Å²) in [6.07, 6.45) is -1.30. The lowest BCUT2D eigenvalue weighted by Gasteiger charge is -2.12. The predicted molar refractivity (Wildman–Crippen MR) is 47.4 cm³/mol. The van der Waals surface area contributed by atoms with Gasteiger partial charge >= 0.3 is 6.18 Å². The Kier molecular flexibility index (Phi) is 1.89. The molecule has 1 aliphatic rings. The Morgan fingerprint density at radius 2 is 1.93 bits per heavy atom. The summed E-state index contributed by atoms with van der Waals surface area (Å²) >= 11 is 0. The highest BCUT2D eigenvalue weighted by Crippen LogP contribution is 2.38. The molecule has 0 amide bonds. The quantitative estimate of drug-likeness (QED) is 0.683. The molecule has 0 radical (unpaired) electrons. The zero-order valence-corrected chi connectivity index (χ0v) is 7.18. The lowest BCUT2D eigenvalue weighted by molar-refractivity contribution is -0.137. The van der Waals surface area contributed by atoms with Gasteiger partial charge < -0.3 is 5.73 Å². The average Bonchev–Trinajstić information content (AvgIpc) is 2.46. The van der Waals surface area contributed by atoms with E-state index in [0.29, 0.717) is 5.56 Å². The summed E-state index contributed by atoms with van der Waals surface area (Å²) in [5.41, 5.74) is 5.74. The monoisotopic (exact) mass is 199 g/mol. The molecule has 0 spiro atoms. The van der Waals surface area contributed by atoms with Crippen molar-refractivity contribution in [3.8, 4) is 0 Å². The second-order valence-electron chi connectivity index (χ2n) is 3.19. The van der Waals surface area contributed by atoms with Crippen molar-refractivity contribution in [2.75, 3.05) is 0 Å². The maximum atomic E-state index is 12.5. The summed E-state index contributed by atoms with van der Waals surface area (Å²) in [6, 6.07) is 3.66. The average molecular weight is 199 g/mol. The van der Waals surface area contributed by atoms with Crippen LogP contribution < -0.4 is 5.73 Å². The molecular formula is C10H8F3N. The number of nitrogens with two attached hydrogens (primary N) is 1. The van der Waals surface area contributed by atoms with Gasteiger partial charge in [0.25, 0.3) is 0 Å². The van der Waals surface area contributed by atoms with Gasteiger partial charge in [-0.1, -0.05) is 24.3 Å². The molecule has 1 aromatic rings. The largest absolute Gasteiger partial charge is 0.416 e. The van der Waals surface area contributed by atoms with Crippen LogP contribution in [0.3, 0.4) is 0 Å². The fourth-order valence-electron chi connectivity index (χ4n) is 1.61. The summed E-state index contributed by atoms with van der Waals surface area (Å²) in [5, 5.41) is 0. The molecule has 1 nitrogen and oxygen atoms in total. The summed E-state index contributed by atoms with van der Waals surface area (Å²) in [7, 11) is 0. The molecular weight excluding hydrogens is 191 g/mol. The highest BCUT2D eigenvalue weighted by molar-refractivity contribution is 5.65. The van der Waals surface area contributed by atoms with Gasteiger partial charge in [-0.25, -0.2) is 0 Å². The fourth-order valence-corrected chi connectivity index (χ4v) is 1.61. The molecule has 0 fully saturated rings. The molecule has 4 heteroatoms. The number of rotatable bonds is 0. The van der Waals surface area contributed by atoms with Gasteiger partial charge in [-0.3, -0.25) is 0 Å². The molecule has 0 aromatic heterocycles. The predicted octanol–water partition coefficient (Wildman–Crippen LogP) is 2.73. The van der Waals surface area contributed by atoms with Crippen LogP contribution in [0, 0.1) is 0 Å². The van der Waals surface area contributed by atoms with Crippen LogP contribution in [0.4, 0.5) is 13.2 Å². The summed E-state index contributed by atoms with van der Waals surface area (Å²) < 4.78 is 37.5. The second kappa shape index (κ2) is 2.85. The molecule has 1 atom stereocenters. The van der Waals surface area contributed by atoms with Gasteiger partial charge in [-0.2, -0.15) is 13.2 Å². The molecule has 2 N–H and O–H groups in total. The van der Waals surface area contributed by atoms with Crippen molar-refractivity contribution in [2.24, 2.45) is 5.73 Å². The molecule has 0 heterocycles. The Labute approximate surface area is 79.0 Å². The van der Waals surface area contributed by atoms with Gasteiger partial charge in [-0.05, 0) is 17.2 Å². The van der Waals surface area contributed by atoms with Crippen LogP contribution in [0.25, 0.3) is 6.08 Å². The van der Waals surface area contributed by atoms with E-state index < -0.39 is 17.8 Å². The Balaban J connectivity index is 2.60. The summed E-state index contributed by atoms with van der Waals surface area (Å²) in [5.74, 6) is 0. The van der Waals surface area contributed by atoms with Gasteiger partial charge in [-0.15, -0.1) is 0 Å². The first-order valence-electron chi connectivity index (χ1n) is 4.14. The molecule has 1 aliphatic carbocycles. The van der Waals surface area contributed by atoms with E-state index in [2.05, 4.69) is 0 Å². The number of fused-ring (bicyclic) bond motifs is 1. The minimum atomic E-state index is -4.31. The summed E-state index contributed by atoms with van der Waals surface area (Å²) in [6.45, 7) is 0. The molecule has 0 saturated carbocycles. The Bertz CT molecular complexity index is 393.